The maximum absolute atomic E-state index is 14.7. The molecule has 4 fully saturated rings. The van der Waals surface area contributed by atoms with Gasteiger partial charge in [-0.25, -0.2) is 4.39 Å². The molecule has 21 heavy (non-hydrogen) atoms. The van der Waals surface area contributed by atoms with Gasteiger partial charge in [0, 0.05) is 11.8 Å². The molecule has 0 bridgehead atoms. The van der Waals surface area contributed by atoms with Crippen LogP contribution in [0.1, 0.15) is 58.3 Å². The van der Waals surface area contributed by atoms with E-state index in [2.05, 4.69) is 6.92 Å². The summed E-state index contributed by atoms with van der Waals surface area (Å²) in [6, 6.07) is 0. The summed E-state index contributed by atoms with van der Waals surface area (Å²) in [5.74, 6) is 2.43. The highest BCUT2D eigenvalue weighted by atomic mass is 19.1. The van der Waals surface area contributed by atoms with Crippen molar-refractivity contribution in [3.63, 3.8) is 0 Å². The van der Waals surface area contributed by atoms with Gasteiger partial charge in [-0.15, -0.1) is 0 Å². The molecule has 0 aromatic carbocycles. The highest BCUT2D eigenvalue weighted by Crippen LogP contribution is 2.61. The van der Waals surface area contributed by atoms with Crippen LogP contribution in [0, 0.1) is 35.0 Å². The zero-order valence-corrected chi connectivity index (χ0v) is 12.9. The maximum Gasteiger partial charge on any atom is 0.139 e. The first-order valence-electron chi connectivity index (χ1n) is 8.86. The molecule has 1 N–H and O–H groups in total. The first kappa shape index (κ1) is 14.2. The molecule has 4 unspecified atom stereocenters. The molecule has 4 aliphatic carbocycles. The highest BCUT2D eigenvalue weighted by molar-refractivity contribution is 5.87. The SMILES string of the molecule is C[C@]12CCC3[C@H]4CCC(O)CC4[C@H](F)C[C@H]3C1CCC2=O. The minimum atomic E-state index is -0.760. The van der Waals surface area contributed by atoms with Crippen molar-refractivity contribution in [1.82, 2.24) is 0 Å². The topological polar surface area (TPSA) is 37.3 Å². The van der Waals surface area contributed by atoms with Crippen molar-refractivity contribution in [2.75, 3.05) is 0 Å². The van der Waals surface area contributed by atoms with Gasteiger partial charge in [0.25, 0.3) is 0 Å². The van der Waals surface area contributed by atoms with Crippen LogP contribution in [0.5, 0.6) is 0 Å². The average Bonchev–Trinajstić information content (AvgIpc) is 2.76. The van der Waals surface area contributed by atoms with Crippen molar-refractivity contribution in [2.24, 2.45) is 35.0 Å². The number of fused-ring (bicyclic) bond motifs is 5. The molecule has 0 spiro atoms. The normalized spacial score (nSPS) is 56.5. The minimum Gasteiger partial charge on any atom is -0.393 e. The van der Waals surface area contributed by atoms with E-state index in [1.807, 2.05) is 0 Å². The second kappa shape index (κ2) is 4.78. The van der Waals surface area contributed by atoms with Gasteiger partial charge < -0.3 is 5.11 Å². The van der Waals surface area contributed by atoms with Gasteiger partial charge in [0.05, 0.1) is 6.10 Å². The number of hydrogen-bond donors (Lipinski definition) is 1. The maximum atomic E-state index is 14.7. The van der Waals surface area contributed by atoms with Crippen molar-refractivity contribution < 1.29 is 14.3 Å². The quantitative estimate of drug-likeness (QED) is 0.742. The number of rotatable bonds is 0. The molecule has 2 nitrogen and oxygen atoms in total. The summed E-state index contributed by atoms with van der Waals surface area (Å²) in [7, 11) is 0. The molecular weight excluding hydrogens is 267 g/mol. The molecule has 4 aliphatic rings. The largest absolute Gasteiger partial charge is 0.393 e. The second-order valence-corrected chi connectivity index (χ2v) is 8.40. The summed E-state index contributed by atoms with van der Waals surface area (Å²) in [4.78, 5) is 12.3. The van der Waals surface area contributed by atoms with Crippen LogP contribution in [0.25, 0.3) is 0 Å². The number of alkyl halides is 1. The molecule has 0 saturated heterocycles. The highest BCUT2D eigenvalue weighted by Gasteiger charge is 2.58. The Morgan fingerprint density at radius 1 is 1.05 bits per heavy atom. The monoisotopic (exact) mass is 294 g/mol. The lowest BCUT2D eigenvalue weighted by atomic mass is 9.50. The molecule has 0 radical (unpaired) electrons. The van der Waals surface area contributed by atoms with E-state index in [1.54, 1.807) is 0 Å². The fourth-order valence-electron chi connectivity index (χ4n) is 6.55. The third-order valence-electron chi connectivity index (χ3n) is 7.64. The predicted octanol–water partition coefficient (Wildman–Crippen LogP) is 3.52. The number of Topliss-reactive ketones (excluding diaryl/α,β-unsaturated/α-hetero) is 1. The first-order chi connectivity index (χ1) is 10.0. The van der Waals surface area contributed by atoms with Crippen molar-refractivity contribution in [3.05, 3.63) is 0 Å². The summed E-state index contributed by atoms with van der Waals surface area (Å²) < 4.78 is 14.7. The Kier molecular flexibility index (Phi) is 3.22. The van der Waals surface area contributed by atoms with Crippen molar-refractivity contribution in [3.8, 4) is 0 Å². The average molecular weight is 294 g/mol. The van der Waals surface area contributed by atoms with Crippen LogP contribution >= 0.6 is 0 Å². The summed E-state index contributed by atoms with van der Waals surface area (Å²) in [6.45, 7) is 2.15. The van der Waals surface area contributed by atoms with E-state index < -0.39 is 6.17 Å². The fourth-order valence-corrected chi connectivity index (χ4v) is 6.55. The molecule has 0 aliphatic heterocycles. The lowest BCUT2D eigenvalue weighted by molar-refractivity contribution is -0.137. The predicted molar refractivity (Wildman–Crippen MR) is 78.4 cm³/mol. The Morgan fingerprint density at radius 3 is 2.62 bits per heavy atom. The molecule has 4 saturated carbocycles. The number of aliphatic hydroxyl groups excluding tert-OH is 1. The fraction of sp³-hybridized carbons (Fsp3) is 0.944. The Labute approximate surface area is 126 Å². The second-order valence-electron chi connectivity index (χ2n) is 8.40. The van der Waals surface area contributed by atoms with Crippen molar-refractivity contribution in [2.45, 2.75) is 70.6 Å². The van der Waals surface area contributed by atoms with Crippen LogP contribution in [0.2, 0.25) is 0 Å². The van der Waals surface area contributed by atoms with E-state index in [0.29, 0.717) is 48.7 Å². The van der Waals surface area contributed by atoms with Gasteiger partial charge in [-0.3, -0.25) is 4.79 Å². The lowest BCUT2D eigenvalue weighted by Crippen LogP contribution is -2.52. The summed E-state index contributed by atoms with van der Waals surface area (Å²) in [5, 5.41) is 9.88. The molecule has 0 aromatic heterocycles. The molecule has 0 heterocycles. The molecule has 0 amide bonds. The standard InChI is InChI=1S/C18H27FO2/c1-18-7-6-12-11-3-2-10(20)8-14(11)16(19)9-13(12)15(18)4-5-17(18)21/h10-16,20H,2-9H2,1H3/t10?,11-,12?,13-,14?,15?,16-,18+/m1/s1. The summed E-state index contributed by atoms with van der Waals surface area (Å²) >= 11 is 0. The zero-order chi connectivity index (χ0) is 14.8. The number of carbonyl (C=O) groups is 1. The summed E-state index contributed by atoms with van der Waals surface area (Å²) in [5.41, 5.74) is -0.151. The van der Waals surface area contributed by atoms with Gasteiger partial charge in [0.15, 0.2) is 0 Å². The lowest BCUT2D eigenvalue weighted by Gasteiger charge is -2.55. The van der Waals surface area contributed by atoms with E-state index in [-0.39, 0.29) is 17.4 Å². The third-order valence-corrected chi connectivity index (χ3v) is 7.64. The van der Waals surface area contributed by atoms with Crippen molar-refractivity contribution >= 4 is 5.78 Å². The van der Waals surface area contributed by atoms with Crippen LogP contribution in [0.3, 0.4) is 0 Å². The number of halogens is 1. The first-order valence-corrected chi connectivity index (χ1v) is 8.86. The zero-order valence-electron chi connectivity index (χ0n) is 12.9. The molecule has 3 heteroatoms. The van der Waals surface area contributed by atoms with Gasteiger partial charge in [0.2, 0.25) is 0 Å². The van der Waals surface area contributed by atoms with Gasteiger partial charge >= 0.3 is 0 Å². The van der Waals surface area contributed by atoms with E-state index >= 15 is 0 Å². The van der Waals surface area contributed by atoms with Crippen LogP contribution < -0.4 is 0 Å². The van der Waals surface area contributed by atoms with Gasteiger partial charge in [-0.1, -0.05) is 6.92 Å². The van der Waals surface area contributed by atoms with E-state index in [9.17, 15) is 14.3 Å². The number of aliphatic hydroxyl groups is 1. The molecule has 118 valence electrons. The number of carbonyl (C=O) groups excluding carboxylic acids is 1. The molecule has 0 aromatic rings. The minimum absolute atomic E-state index is 0.0801. The van der Waals surface area contributed by atoms with Crippen LogP contribution in [0.4, 0.5) is 4.39 Å². The Bertz CT molecular complexity index is 450. The van der Waals surface area contributed by atoms with Gasteiger partial charge in [0.1, 0.15) is 12.0 Å². The molecule has 4 rings (SSSR count). The van der Waals surface area contributed by atoms with Crippen LogP contribution in [0.15, 0.2) is 0 Å². The summed E-state index contributed by atoms with van der Waals surface area (Å²) in [6.07, 6.45) is 5.92. The van der Waals surface area contributed by atoms with Gasteiger partial charge in [-0.05, 0) is 74.5 Å². The third kappa shape index (κ3) is 1.95. The Hall–Kier alpha value is -0.440. The van der Waals surface area contributed by atoms with Crippen LogP contribution in [-0.4, -0.2) is 23.2 Å². The van der Waals surface area contributed by atoms with Crippen LogP contribution in [-0.2, 0) is 4.79 Å². The molecule has 8 atom stereocenters. The Morgan fingerprint density at radius 2 is 1.81 bits per heavy atom. The van der Waals surface area contributed by atoms with E-state index in [4.69, 9.17) is 0 Å². The van der Waals surface area contributed by atoms with Crippen molar-refractivity contribution in [1.29, 1.82) is 0 Å². The molecular formula is C18H27FO2. The Balaban J connectivity index is 1.62. The number of hydrogen-bond acceptors (Lipinski definition) is 2. The smallest absolute Gasteiger partial charge is 0.139 e. The number of ketones is 1. The van der Waals surface area contributed by atoms with E-state index in [0.717, 1.165) is 32.1 Å². The van der Waals surface area contributed by atoms with E-state index in [1.165, 1.54) is 0 Å². The van der Waals surface area contributed by atoms with Gasteiger partial charge in [-0.2, -0.15) is 0 Å².